The van der Waals surface area contributed by atoms with Crippen molar-refractivity contribution in [3.05, 3.63) is 28.5 Å². The van der Waals surface area contributed by atoms with Gasteiger partial charge in [0.05, 0.1) is 0 Å². The number of nitrogens with zero attached hydrogens (tertiary/aromatic N) is 1. The van der Waals surface area contributed by atoms with E-state index in [0.717, 1.165) is 6.07 Å². The van der Waals surface area contributed by atoms with Crippen LogP contribution in [-0.2, 0) is 10.9 Å². The number of hydrogen-bond acceptors (Lipinski definition) is 3. The molecular formula is C15H16ClF3N2O2. The summed E-state index contributed by atoms with van der Waals surface area (Å²) in [5.41, 5.74) is -1.59. The molecule has 0 unspecified atom stereocenters. The van der Waals surface area contributed by atoms with Crippen molar-refractivity contribution in [3.8, 4) is 11.8 Å². The number of rotatable bonds is 2. The van der Waals surface area contributed by atoms with E-state index in [1.54, 1.807) is 20.8 Å². The van der Waals surface area contributed by atoms with Crippen molar-refractivity contribution in [2.75, 3.05) is 6.54 Å². The molecule has 0 saturated heterocycles. The Morgan fingerprint density at radius 2 is 2.00 bits per heavy atom. The molecule has 0 aliphatic heterocycles. The van der Waals surface area contributed by atoms with Gasteiger partial charge in [0, 0.05) is 18.5 Å². The molecule has 126 valence electrons. The Labute approximate surface area is 137 Å². The first-order valence-corrected chi connectivity index (χ1v) is 7.06. The molecule has 0 spiro atoms. The molecule has 23 heavy (non-hydrogen) atoms. The molecule has 1 heterocycles. The van der Waals surface area contributed by atoms with Crippen LogP contribution < -0.4 is 5.32 Å². The fourth-order valence-electron chi connectivity index (χ4n) is 1.42. The molecule has 0 aliphatic rings. The van der Waals surface area contributed by atoms with Crippen LogP contribution >= 0.6 is 11.6 Å². The molecule has 0 aromatic carbocycles. The minimum atomic E-state index is -4.58. The number of hydrogen-bond donors (Lipinski definition) is 1. The lowest BCUT2D eigenvalue weighted by Gasteiger charge is -2.19. The lowest BCUT2D eigenvalue weighted by Crippen LogP contribution is -2.32. The maximum atomic E-state index is 12.6. The summed E-state index contributed by atoms with van der Waals surface area (Å²) in [5.74, 6) is 5.21. The second-order valence-electron chi connectivity index (χ2n) is 5.54. The van der Waals surface area contributed by atoms with Gasteiger partial charge in [0.2, 0.25) is 0 Å². The number of amides is 1. The third kappa shape index (κ3) is 7.75. The minimum Gasteiger partial charge on any atom is -0.444 e. The summed E-state index contributed by atoms with van der Waals surface area (Å²) in [7, 11) is 0. The maximum absolute atomic E-state index is 12.6. The first-order chi connectivity index (χ1) is 10.5. The smallest absolute Gasteiger partial charge is 0.433 e. The van der Waals surface area contributed by atoms with Crippen LogP contribution in [0.2, 0.25) is 5.15 Å². The Bertz CT molecular complexity index is 628. The average Bonchev–Trinajstić information content (AvgIpc) is 2.34. The highest BCUT2D eigenvalue weighted by Gasteiger charge is 2.33. The molecule has 4 nitrogen and oxygen atoms in total. The molecule has 0 radical (unpaired) electrons. The zero-order valence-corrected chi connectivity index (χ0v) is 13.6. The summed E-state index contributed by atoms with van der Waals surface area (Å²) >= 11 is 5.55. The van der Waals surface area contributed by atoms with Crippen LogP contribution in [0, 0.1) is 11.8 Å². The molecule has 0 fully saturated rings. The van der Waals surface area contributed by atoms with Crippen LogP contribution in [0.5, 0.6) is 0 Å². The highest BCUT2D eigenvalue weighted by atomic mass is 35.5. The predicted molar refractivity (Wildman–Crippen MR) is 80.0 cm³/mol. The Morgan fingerprint density at radius 1 is 1.35 bits per heavy atom. The average molecular weight is 349 g/mol. The fraction of sp³-hybridized carbons (Fsp3) is 0.467. The van der Waals surface area contributed by atoms with Gasteiger partial charge in [-0.15, -0.1) is 0 Å². The van der Waals surface area contributed by atoms with Gasteiger partial charge in [-0.1, -0.05) is 23.4 Å². The van der Waals surface area contributed by atoms with E-state index in [9.17, 15) is 18.0 Å². The quantitative estimate of drug-likeness (QED) is 0.499. The van der Waals surface area contributed by atoms with Gasteiger partial charge in [-0.2, -0.15) is 13.2 Å². The van der Waals surface area contributed by atoms with E-state index in [2.05, 4.69) is 22.1 Å². The molecule has 8 heteroatoms. The van der Waals surface area contributed by atoms with Crippen molar-refractivity contribution in [1.29, 1.82) is 0 Å². The van der Waals surface area contributed by atoms with E-state index in [-0.39, 0.29) is 23.7 Å². The molecular weight excluding hydrogens is 333 g/mol. The Kier molecular flexibility index (Phi) is 6.28. The molecule has 0 aliphatic carbocycles. The molecule has 1 rings (SSSR count). The maximum Gasteiger partial charge on any atom is 0.433 e. The minimum absolute atomic E-state index is 0.106. The van der Waals surface area contributed by atoms with Crippen LogP contribution in [0.15, 0.2) is 12.1 Å². The van der Waals surface area contributed by atoms with E-state index in [1.165, 1.54) is 6.07 Å². The van der Waals surface area contributed by atoms with Gasteiger partial charge in [-0.05, 0) is 32.9 Å². The van der Waals surface area contributed by atoms with Gasteiger partial charge in [-0.3, -0.25) is 0 Å². The number of alkyl carbamates (subject to hydrolysis) is 1. The Morgan fingerprint density at radius 3 is 2.57 bits per heavy atom. The van der Waals surface area contributed by atoms with Crippen LogP contribution in [-0.4, -0.2) is 23.2 Å². The summed E-state index contributed by atoms with van der Waals surface area (Å²) in [4.78, 5) is 14.6. The summed E-state index contributed by atoms with van der Waals surface area (Å²) < 4.78 is 42.8. The second kappa shape index (κ2) is 7.55. The number of alkyl halides is 3. The van der Waals surface area contributed by atoms with Gasteiger partial charge in [0.15, 0.2) is 0 Å². The first-order valence-electron chi connectivity index (χ1n) is 6.68. The number of carbonyl (C=O) groups excluding carboxylic acids is 1. The zero-order chi connectivity index (χ0) is 17.7. The van der Waals surface area contributed by atoms with E-state index < -0.39 is 23.6 Å². The molecule has 0 bridgehead atoms. The van der Waals surface area contributed by atoms with Gasteiger partial charge < -0.3 is 10.1 Å². The molecule has 1 amide bonds. The van der Waals surface area contributed by atoms with E-state index in [4.69, 9.17) is 16.3 Å². The van der Waals surface area contributed by atoms with Crippen molar-refractivity contribution in [2.45, 2.75) is 39.0 Å². The van der Waals surface area contributed by atoms with E-state index >= 15 is 0 Å². The van der Waals surface area contributed by atoms with Gasteiger partial charge >= 0.3 is 12.3 Å². The van der Waals surface area contributed by atoms with Crippen molar-refractivity contribution < 1.29 is 22.7 Å². The third-order valence-electron chi connectivity index (χ3n) is 2.24. The predicted octanol–water partition coefficient (Wildman–Crippen LogP) is 4.02. The van der Waals surface area contributed by atoms with Crippen LogP contribution in [0.3, 0.4) is 0 Å². The topological polar surface area (TPSA) is 51.2 Å². The zero-order valence-electron chi connectivity index (χ0n) is 12.8. The molecule has 0 saturated carbocycles. The molecule has 1 aromatic heterocycles. The SMILES string of the molecule is CC(C)(C)OC(=O)NCCC#Cc1cc(Cl)nc(C(F)(F)F)c1. The van der Waals surface area contributed by atoms with Crippen LogP contribution in [0.1, 0.15) is 38.4 Å². The summed E-state index contributed by atoms with van der Waals surface area (Å²) in [6.07, 6.45) is -4.91. The number of ether oxygens (including phenoxy) is 1. The lowest BCUT2D eigenvalue weighted by atomic mass is 10.2. The van der Waals surface area contributed by atoms with Gasteiger partial charge in [0.1, 0.15) is 16.4 Å². The summed E-state index contributed by atoms with van der Waals surface area (Å²) in [6, 6.07) is 2.06. The number of pyridine rings is 1. The van der Waals surface area contributed by atoms with Gasteiger partial charge in [-0.25, -0.2) is 9.78 Å². The van der Waals surface area contributed by atoms with Crippen molar-refractivity contribution >= 4 is 17.7 Å². The highest BCUT2D eigenvalue weighted by molar-refractivity contribution is 6.29. The Balaban J connectivity index is 2.58. The van der Waals surface area contributed by atoms with Crippen LogP contribution in [0.25, 0.3) is 0 Å². The van der Waals surface area contributed by atoms with Crippen molar-refractivity contribution in [2.24, 2.45) is 0 Å². The summed E-state index contributed by atoms with van der Waals surface area (Å²) in [6.45, 7) is 5.42. The van der Waals surface area contributed by atoms with Crippen LogP contribution in [0.4, 0.5) is 18.0 Å². The highest BCUT2D eigenvalue weighted by Crippen LogP contribution is 2.29. The Hall–Kier alpha value is -1.94. The number of carbonyl (C=O) groups is 1. The molecule has 1 aromatic rings. The second-order valence-corrected chi connectivity index (χ2v) is 5.93. The largest absolute Gasteiger partial charge is 0.444 e. The summed E-state index contributed by atoms with van der Waals surface area (Å²) in [5, 5.41) is 2.21. The fourth-order valence-corrected chi connectivity index (χ4v) is 1.63. The number of aromatic nitrogens is 1. The van der Waals surface area contributed by atoms with Crippen molar-refractivity contribution in [1.82, 2.24) is 10.3 Å². The number of halogens is 4. The monoisotopic (exact) mass is 348 g/mol. The normalized spacial score (nSPS) is 11.4. The first kappa shape index (κ1) is 19.1. The van der Waals surface area contributed by atoms with Crippen molar-refractivity contribution in [3.63, 3.8) is 0 Å². The molecule has 1 N–H and O–H groups in total. The third-order valence-corrected chi connectivity index (χ3v) is 2.43. The number of nitrogens with one attached hydrogen (secondary N) is 1. The van der Waals surface area contributed by atoms with E-state index in [1.807, 2.05) is 0 Å². The molecule has 0 atom stereocenters. The lowest BCUT2D eigenvalue weighted by molar-refractivity contribution is -0.141. The van der Waals surface area contributed by atoms with E-state index in [0.29, 0.717) is 0 Å². The van der Waals surface area contributed by atoms with Gasteiger partial charge in [0.25, 0.3) is 0 Å². The standard InChI is InChI=1S/C15H16ClF3N2O2/c1-14(2,3)23-13(22)20-7-5-4-6-10-8-11(15(17,18)19)21-12(16)9-10/h8-9H,5,7H2,1-3H3,(H,20,22).